The summed E-state index contributed by atoms with van der Waals surface area (Å²) >= 11 is 5.85. The number of aliphatic imine (C=N–C) groups is 1. The number of aromatic amines is 1. The number of hydrogen-bond donors (Lipinski definition) is 2. The van der Waals surface area contributed by atoms with Crippen molar-refractivity contribution in [1.29, 1.82) is 0 Å². The highest BCUT2D eigenvalue weighted by atomic mass is 35.5. The molecule has 2 aromatic carbocycles. The minimum atomic E-state index is -0.793. The minimum Gasteiger partial charge on any atom is -0.493 e. The Labute approximate surface area is 170 Å². The van der Waals surface area contributed by atoms with Gasteiger partial charge in [-0.3, -0.25) is 19.6 Å². The summed E-state index contributed by atoms with van der Waals surface area (Å²) < 4.78 is 0.942. The van der Waals surface area contributed by atoms with E-state index in [9.17, 15) is 19.5 Å². The predicted octanol–water partition coefficient (Wildman–Crippen LogP) is 2.34. The van der Waals surface area contributed by atoms with E-state index in [4.69, 9.17) is 11.6 Å². The first-order valence-electron chi connectivity index (χ1n) is 8.48. The Morgan fingerprint density at radius 2 is 1.72 bits per heavy atom. The predicted molar refractivity (Wildman–Crippen MR) is 111 cm³/mol. The second kappa shape index (κ2) is 8.15. The molecular formula is C20H17ClN4O4. The normalized spacial score (nSPS) is 11.0. The summed E-state index contributed by atoms with van der Waals surface area (Å²) in [5.41, 5.74) is -0.476. The maximum atomic E-state index is 12.2. The van der Waals surface area contributed by atoms with Crippen LogP contribution in [0.1, 0.15) is 15.9 Å². The van der Waals surface area contributed by atoms with Gasteiger partial charge >= 0.3 is 5.69 Å². The first-order chi connectivity index (χ1) is 13.8. The van der Waals surface area contributed by atoms with Crippen LogP contribution in [0.4, 0.5) is 5.69 Å². The molecule has 1 amide bonds. The van der Waals surface area contributed by atoms with E-state index in [2.05, 4.69) is 9.98 Å². The molecule has 0 spiro atoms. The van der Waals surface area contributed by atoms with Crippen molar-refractivity contribution in [3.05, 3.63) is 85.5 Å². The molecule has 0 radical (unpaired) electrons. The number of nitrogens with zero attached hydrogens (tertiary/aromatic N) is 3. The molecular weight excluding hydrogens is 396 g/mol. The van der Waals surface area contributed by atoms with Gasteiger partial charge in [0, 0.05) is 30.9 Å². The van der Waals surface area contributed by atoms with Gasteiger partial charge in [0.2, 0.25) is 5.88 Å². The lowest BCUT2D eigenvalue weighted by Crippen LogP contribution is -2.31. The van der Waals surface area contributed by atoms with Crippen molar-refractivity contribution in [3.63, 3.8) is 0 Å². The van der Waals surface area contributed by atoms with Gasteiger partial charge in [-0.05, 0) is 48.5 Å². The van der Waals surface area contributed by atoms with Crippen LogP contribution < -0.4 is 11.2 Å². The molecule has 9 heteroatoms. The van der Waals surface area contributed by atoms with Crippen LogP contribution >= 0.6 is 11.6 Å². The highest BCUT2D eigenvalue weighted by Gasteiger charge is 2.14. The number of aromatic nitrogens is 2. The van der Waals surface area contributed by atoms with E-state index in [0.717, 1.165) is 10.8 Å². The Morgan fingerprint density at radius 3 is 2.31 bits per heavy atom. The van der Waals surface area contributed by atoms with Gasteiger partial charge in [0.25, 0.3) is 11.5 Å². The zero-order valence-corrected chi connectivity index (χ0v) is 16.3. The fourth-order valence-corrected chi connectivity index (χ4v) is 2.70. The second-order valence-corrected chi connectivity index (χ2v) is 6.75. The van der Waals surface area contributed by atoms with E-state index in [0.29, 0.717) is 22.0 Å². The molecule has 0 saturated heterocycles. The SMILES string of the molecule is CN(C)C(=O)c1ccc(N=Cc2c(O)n(-c3ccc(Cl)cc3)c(=O)[nH]c2=O)cc1. The zero-order chi connectivity index (χ0) is 21.1. The molecule has 1 heterocycles. The molecule has 2 N–H and O–H groups in total. The third-order valence-corrected chi connectivity index (χ3v) is 4.32. The molecule has 0 aliphatic carbocycles. The molecule has 0 unspecified atom stereocenters. The summed E-state index contributed by atoms with van der Waals surface area (Å²) in [5, 5.41) is 11.0. The Kier molecular flexibility index (Phi) is 5.65. The number of halogens is 1. The molecule has 29 heavy (non-hydrogen) atoms. The molecule has 1 aromatic heterocycles. The highest BCUT2D eigenvalue weighted by Crippen LogP contribution is 2.19. The van der Waals surface area contributed by atoms with Crippen molar-refractivity contribution in [2.45, 2.75) is 0 Å². The van der Waals surface area contributed by atoms with Crippen molar-refractivity contribution < 1.29 is 9.90 Å². The zero-order valence-electron chi connectivity index (χ0n) is 15.6. The molecule has 0 aliphatic heterocycles. The van der Waals surface area contributed by atoms with Crippen LogP contribution in [0.3, 0.4) is 0 Å². The number of carbonyl (C=O) groups is 1. The number of hydrogen-bond acceptors (Lipinski definition) is 5. The van der Waals surface area contributed by atoms with E-state index in [1.807, 2.05) is 0 Å². The van der Waals surface area contributed by atoms with E-state index in [-0.39, 0.29) is 11.5 Å². The van der Waals surface area contributed by atoms with Gasteiger partial charge in [0.05, 0.1) is 11.4 Å². The Hall–Kier alpha value is -3.65. The van der Waals surface area contributed by atoms with Gasteiger partial charge in [-0.1, -0.05) is 11.6 Å². The minimum absolute atomic E-state index is 0.148. The number of benzene rings is 2. The summed E-state index contributed by atoms with van der Waals surface area (Å²) in [6.45, 7) is 0. The lowest BCUT2D eigenvalue weighted by atomic mass is 10.2. The lowest BCUT2D eigenvalue weighted by Gasteiger charge is -2.10. The molecule has 0 bridgehead atoms. The van der Waals surface area contributed by atoms with Gasteiger partial charge in [0.15, 0.2) is 0 Å². The van der Waals surface area contributed by atoms with Crippen molar-refractivity contribution in [3.8, 4) is 11.6 Å². The summed E-state index contributed by atoms with van der Waals surface area (Å²) in [6, 6.07) is 12.6. The van der Waals surface area contributed by atoms with Crippen molar-refractivity contribution in [1.82, 2.24) is 14.5 Å². The third-order valence-electron chi connectivity index (χ3n) is 4.07. The number of amides is 1. The smallest absolute Gasteiger partial charge is 0.335 e. The molecule has 8 nitrogen and oxygen atoms in total. The topological polar surface area (TPSA) is 108 Å². The molecule has 3 aromatic rings. The van der Waals surface area contributed by atoms with Crippen molar-refractivity contribution in [2.75, 3.05) is 14.1 Å². The summed E-state index contributed by atoms with van der Waals surface area (Å²) in [5.74, 6) is -0.700. The van der Waals surface area contributed by atoms with Crippen molar-refractivity contribution >= 4 is 29.4 Å². The van der Waals surface area contributed by atoms with Crippen LogP contribution in [0.15, 0.2) is 63.1 Å². The fraction of sp³-hybridized carbons (Fsp3) is 0.100. The number of H-pyrrole nitrogens is 1. The number of aromatic hydroxyl groups is 1. The van der Waals surface area contributed by atoms with Gasteiger partial charge < -0.3 is 10.0 Å². The molecule has 0 aliphatic rings. The largest absolute Gasteiger partial charge is 0.493 e. The standard InChI is InChI=1S/C20H17ClN4O4/c1-24(2)18(27)12-3-7-14(8-4-12)22-11-16-17(26)23-20(29)25(19(16)28)15-9-5-13(21)6-10-15/h3-11,28H,1-2H3,(H,23,26,29). The average molecular weight is 413 g/mol. The summed E-state index contributed by atoms with van der Waals surface area (Å²) in [4.78, 5) is 44.0. The van der Waals surface area contributed by atoms with E-state index in [1.54, 1.807) is 50.5 Å². The molecule has 0 atom stereocenters. The summed E-state index contributed by atoms with van der Waals surface area (Å²) in [6.07, 6.45) is 1.16. The number of rotatable bonds is 4. The third kappa shape index (κ3) is 4.27. The van der Waals surface area contributed by atoms with E-state index >= 15 is 0 Å². The van der Waals surface area contributed by atoms with Crippen LogP contribution in [0.25, 0.3) is 5.69 Å². The number of carbonyl (C=O) groups excluding carboxylic acids is 1. The number of nitrogens with one attached hydrogen (secondary N) is 1. The molecule has 0 fully saturated rings. The Morgan fingerprint density at radius 1 is 1.10 bits per heavy atom. The molecule has 0 saturated carbocycles. The van der Waals surface area contributed by atoms with Gasteiger partial charge in [0.1, 0.15) is 5.56 Å². The second-order valence-electron chi connectivity index (χ2n) is 6.31. The van der Waals surface area contributed by atoms with Crippen LogP contribution in [0.5, 0.6) is 5.88 Å². The van der Waals surface area contributed by atoms with E-state index in [1.165, 1.54) is 17.0 Å². The van der Waals surface area contributed by atoms with Gasteiger partial charge in [-0.15, -0.1) is 0 Å². The van der Waals surface area contributed by atoms with Gasteiger partial charge in [-0.25, -0.2) is 9.36 Å². The maximum Gasteiger partial charge on any atom is 0.335 e. The Bertz CT molecular complexity index is 1190. The lowest BCUT2D eigenvalue weighted by molar-refractivity contribution is 0.0827. The quantitative estimate of drug-likeness (QED) is 0.641. The average Bonchev–Trinajstić information content (AvgIpc) is 2.69. The molecule has 3 rings (SSSR count). The van der Waals surface area contributed by atoms with Crippen LogP contribution in [-0.4, -0.2) is 45.8 Å². The first-order valence-corrected chi connectivity index (χ1v) is 8.85. The summed E-state index contributed by atoms with van der Waals surface area (Å²) in [7, 11) is 3.30. The monoisotopic (exact) mass is 412 g/mol. The maximum absolute atomic E-state index is 12.2. The highest BCUT2D eigenvalue weighted by molar-refractivity contribution is 6.30. The first kappa shape index (κ1) is 20.1. The van der Waals surface area contributed by atoms with Crippen LogP contribution in [0.2, 0.25) is 5.02 Å². The Balaban J connectivity index is 1.98. The van der Waals surface area contributed by atoms with Crippen LogP contribution in [-0.2, 0) is 0 Å². The van der Waals surface area contributed by atoms with E-state index < -0.39 is 17.1 Å². The fourth-order valence-electron chi connectivity index (χ4n) is 2.57. The molecule has 148 valence electrons. The van der Waals surface area contributed by atoms with Crippen molar-refractivity contribution in [2.24, 2.45) is 4.99 Å². The van der Waals surface area contributed by atoms with Gasteiger partial charge in [-0.2, -0.15) is 0 Å². The van der Waals surface area contributed by atoms with Crippen LogP contribution in [0, 0.1) is 0 Å².